The molecule has 2 aromatic carbocycles. The fourth-order valence-corrected chi connectivity index (χ4v) is 3.08. The summed E-state index contributed by atoms with van der Waals surface area (Å²) in [7, 11) is 4.77. The second-order valence-electron chi connectivity index (χ2n) is 6.18. The molecular weight excluding hydrogens is 340 g/mol. The number of aromatic nitrogens is 1. The minimum atomic E-state index is 0.556. The lowest BCUT2D eigenvalue weighted by Crippen LogP contribution is -1.98. The molecule has 3 aromatic rings. The van der Waals surface area contributed by atoms with Gasteiger partial charge in [-0.15, -0.1) is 0 Å². The summed E-state index contributed by atoms with van der Waals surface area (Å²) < 4.78 is 18.3. The molecular formula is C22H24N2O3. The highest BCUT2D eigenvalue weighted by molar-refractivity contribution is 5.82. The standard InChI is InChI=1S/C22H24N2O3/c1-15-6-7-16(2)24(15)19-10-8-17(9-11-19)14-23-18-12-20(25-3)22(27-5)21(13-18)26-4/h6-14H,1-5H3. The summed E-state index contributed by atoms with van der Waals surface area (Å²) in [6.45, 7) is 4.21. The molecule has 0 N–H and O–H groups in total. The number of aliphatic imine (C=N–C) groups is 1. The molecule has 0 saturated carbocycles. The molecule has 3 rings (SSSR count). The van der Waals surface area contributed by atoms with Crippen molar-refractivity contribution in [1.29, 1.82) is 0 Å². The number of rotatable bonds is 6. The van der Waals surface area contributed by atoms with Gasteiger partial charge < -0.3 is 18.8 Å². The number of aryl methyl sites for hydroxylation is 2. The van der Waals surface area contributed by atoms with Gasteiger partial charge >= 0.3 is 0 Å². The highest BCUT2D eigenvalue weighted by Gasteiger charge is 2.12. The van der Waals surface area contributed by atoms with E-state index in [4.69, 9.17) is 14.2 Å². The van der Waals surface area contributed by atoms with Gasteiger partial charge in [0.05, 0.1) is 27.0 Å². The third-order valence-electron chi connectivity index (χ3n) is 4.43. The van der Waals surface area contributed by atoms with Crippen LogP contribution >= 0.6 is 0 Å². The lowest BCUT2D eigenvalue weighted by molar-refractivity contribution is 0.324. The van der Waals surface area contributed by atoms with Crippen LogP contribution in [0.3, 0.4) is 0 Å². The summed E-state index contributed by atoms with van der Waals surface area (Å²) in [4.78, 5) is 4.55. The van der Waals surface area contributed by atoms with Crippen molar-refractivity contribution in [3.63, 3.8) is 0 Å². The number of ether oxygens (including phenoxy) is 3. The maximum Gasteiger partial charge on any atom is 0.203 e. The lowest BCUT2D eigenvalue weighted by atomic mass is 10.2. The van der Waals surface area contributed by atoms with Crippen LogP contribution in [0.4, 0.5) is 5.69 Å². The molecule has 1 aromatic heterocycles. The molecule has 0 radical (unpaired) electrons. The molecule has 0 aliphatic heterocycles. The van der Waals surface area contributed by atoms with E-state index in [1.165, 1.54) is 11.4 Å². The van der Waals surface area contributed by atoms with Gasteiger partial charge in [-0.1, -0.05) is 12.1 Å². The molecule has 5 heteroatoms. The van der Waals surface area contributed by atoms with Crippen molar-refractivity contribution in [2.45, 2.75) is 13.8 Å². The van der Waals surface area contributed by atoms with E-state index >= 15 is 0 Å². The number of benzene rings is 2. The molecule has 0 aliphatic carbocycles. The molecule has 140 valence electrons. The molecule has 0 fully saturated rings. The van der Waals surface area contributed by atoms with Crippen LogP contribution in [0.1, 0.15) is 17.0 Å². The van der Waals surface area contributed by atoms with Gasteiger partial charge in [-0.25, -0.2) is 0 Å². The van der Waals surface area contributed by atoms with Crippen LogP contribution in [0.5, 0.6) is 17.2 Å². The molecule has 0 atom stereocenters. The minimum absolute atomic E-state index is 0.556. The topological polar surface area (TPSA) is 45.0 Å². The molecule has 0 amide bonds. The zero-order valence-corrected chi connectivity index (χ0v) is 16.3. The molecule has 0 spiro atoms. The number of hydrogen-bond acceptors (Lipinski definition) is 4. The smallest absolute Gasteiger partial charge is 0.203 e. The Labute approximate surface area is 159 Å². The summed E-state index contributed by atoms with van der Waals surface area (Å²) >= 11 is 0. The zero-order chi connectivity index (χ0) is 19.4. The second kappa shape index (κ2) is 7.99. The third kappa shape index (κ3) is 3.82. The Morgan fingerprint density at radius 1 is 0.778 bits per heavy atom. The Morgan fingerprint density at radius 3 is 1.81 bits per heavy atom. The fourth-order valence-electron chi connectivity index (χ4n) is 3.08. The van der Waals surface area contributed by atoms with Gasteiger partial charge in [0.2, 0.25) is 5.75 Å². The predicted molar refractivity (Wildman–Crippen MR) is 109 cm³/mol. The SMILES string of the molecule is COc1cc(N=Cc2ccc(-n3c(C)ccc3C)cc2)cc(OC)c1OC. The van der Waals surface area contributed by atoms with E-state index in [2.05, 4.69) is 59.8 Å². The van der Waals surface area contributed by atoms with E-state index in [1.807, 2.05) is 18.3 Å². The van der Waals surface area contributed by atoms with Gasteiger partial charge in [-0.05, 0) is 43.7 Å². The number of methoxy groups -OCH3 is 3. The predicted octanol–water partition coefficient (Wildman–Crippen LogP) is 4.87. The molecule has 1 heterocycles. The van der Waals surface area contributed by atoms with Crippen molar-refractivity contribution in [2.24, 2.45) is 4.99 Å². The summed E-state index contributed by atoms with van der Waals surface area (Å²) in [5, 5.41) is 0. The summed E-state index contributed by atoms with van der Waals surface area (Å²) in [5.74, 6) is 1.72. The molecule has 0 aliphatic rings. The lowest BCUT2D eigenvalue weighted by Gasteiger charge is -2.12. The summed E-state index contributed by atoms with van der Waals surface area (Å²) in [6.07, 6.45) is 1.82. The first kappa shape index (κ1) is 18.6. The number of nitrogens with zero attached hydrogens (tertiary/aromatic N) is 2. The van der Waals surface area contributed by atoms with Crippen LogP contribution in [-0.4, -0.2) is 32.1 Å². The molecule has 27 heavy (non-hydrogen) atoms. The average Bonchev–Trinajstić information content (AvgIpc) is 3.04. The van der Waals surface area contributed by atoms with E-state index in [1.54, 1.807) is 21.3 Å². The molecule has 5 nitrogen and oxygen atoms in total. The third-order valence-corrected chi connectivity index (χ3v) is 4.43. The van der Waals surface area contributed by atoms with Crippen LogP contribution in [0.15, 0.2) is 53.5 Å². The van der Waals surface area contributed by atoms with Crippen LogP contribution in [0.25, 0.3) is 5.69 Å². The zero-order valence-electron chi connectivity index (χ0n) is 16.3. The van der Waals surface area contributed by atoms with E-state index in [9.17, 15) is 0 Å². The van der Waals surface area contributed by atoms with Gasteiger partial charge in [0.25, 0.3) is 0 Å². The highest BCUT2D eigenvalue weighted by atomic mass is 16.5. The second-order valence-corrected chi connectivity index (χ2v) is 6.18. The largest absolute Gasteiger partial charge is 0.493 e. The quantitative estimate of drug-likeness (QED) is 0.586. The highest BCUT2D eigenvalue weighted by Crippen LogP contribution is 2.40. The van der Waals surface area contributed by atoms with Crippen molar-refractivity contribution in [3.8, 4) is 22.9 Å². The van der Waals surface area contributed by atoms with Gasteiger partial charge in [0.15, 0.2) is 11.5 Å². The van der Waals surface area contributed by atoms with Crippen molar-refractivity contribution >= 4 is 11.9 Å². The normalized spacial score (nSPS) is 11.0. The van der Waals surface area contributed by atoms with Crippen molar-refractivity contribution < 1.29 is 14.2 Å². The van der Waals surface area contributed by atoms with Crippen LogP contribution in [0, 0.1) is 13.8 Å². The Bertz CT molecular complexity index is 912. The van der Waals surface area contributed by atoms with Gasteiger partial charge in [0.1, 0.15) is 0 Å². The monoisotopic (exact) mass is 364 g/mol. The Morgan fingerprint density at radius 2 is 1.33 bits per heavy atom. The van der Waals surface area contributed by atoms with Crippen LogP contribution in [-0.2, 0) is 0 Å². The van der Waals surface area contributed by atoms with Crippen molar-refractivity contribution in [1.82, 2.24) is 4.57 Å². The molecule has 0 unspecified atom stereocenters. The van der Waals surface area contributed by atoms with E-state index in [0.29, 0.717) is 17.2 Å². The molecule has 0 bridgehead atoms. The summed E-state index contributed by atoms with van der Waals surface area (Å²) in [5.41, 5.74) is 5.30. The Kier molecular flexibility index (Phi) is 5.50. The molecule has 0 saturated heterocycles. The van der Waals surface area contributed by atoms with Gasteiger partial charge in [-0.2, -0.15) is 0 Å². The summed E-state index contributed by atoms with van der Waals surface area (Å²) in [6, 6.07) is 16.2. The van der Waals surface area contributed by atoms with E-state index < -0.39 is 0 Å². The van der Waals surface area contributed by atoms with E-state index in [-0.39, 0.29) is 0 Å². The fraction of sp³-hybridized carbons (Fsp3) is 0.227. The van der Waals surface area contributed by atoms with Gasteiger partial charge in [0, 0.05) is 35.4 Å². The minimum Gasteiger partial charge on any atom is -0.493 e. The first-order valence-electron chi connectivity index (χ1n) is 8.67. The first-order chi connectivity index (χ1) is 13.1. The average molecular weight is 364 g/mol. The number of hydrogen-bond donors (Lipinski definition) is 0. The van der Waals surface area contributed by atoms with Gasteiger partial charge in [-0.3, -0.25) is 4.99 Å². The first-order valence-corrected chi connectivity index (χ1v) is 8.67. The van der Waals surface area contributed by atoms with Crippen molar-refractivity contribution in [2.75, 3.05) is 21.3 Å². The maximum absolute atomic E-state index is 5.37. The van der Waals surface area contributed by atoms with Crippen LogP contribution in [0.2, 0.25) is 0 Å². The maximum atomic E-state index is 5.37. The Hall–Kier alpha value is -3.21. The van der Waals surface area contributed by atoms with E-state index in [0.717, 1.165) is 16.9 Å². The Balaban J connectivity index is 1.86. The van der Waals surface area contributed by atoms with Crippen LogP contribution < -0.4 is 14.2 Å². The van der Waals surface area contributed by atoms with Crippen molar-refractivity contribution in [3.05, 3.63) is 65.5 Å².